The van der Waals surface area contributed by atoms with Gasteiger partial charge in [0.25, 0.3) is 0 Å². The number of nitrogens with zero attached hydrogens (tertiary/aromatic N) is 5. The zero-order valence-corrected chi connectivity index (χ0v) is 19.7. The van der Waals surface area contributed by atoms with Crippen molar-refractivity contribution in [3.63, 3.8) is 0 Å². The number of carbonyl (C=O) groups is 1. The lowest BCUT2D eigenvalue weighted by Crippen LogP contribution is -2.50. The van der Waals surface area contributed by atoms with Crippen molar-refractivity contribution in [3.8, 4) is 23.6 Å². The van der Waals surface area contributed by atoms with Crippen LogP contribution >= 0.6 is 0 Å². The van der Waals surface area contributed by atoms with E-state index in [4.69, 9.17) is 6.42 Å². The molecule has 8 heteroatoms. The minimum Gasteiger partial charge on any atom is -0.351 e. The normalized spacial score (nSPS) is 22.4. The first-order valence-electron chi connectivity index (χ1n) is 12.0. The Kier molecular flexibility index (Phi) is 6.98. The van der Waals surface area contributed by atoms with Crippen LogP contribution in [0.25, 0.3) is 11.3 Å². The minimum atomic E-state index is -0.151. The lowest BCUT2D eigenvalue weighted by Gasteiger charge is -2.34. The molecular weight excluding hydrogens is 438 g/mol. The number of anilines is 2. The topological polar surface area (TPSA) is 86.3 Å². The smallest absolute Gasteiger partial charge is 0.234 e. The molecular formula is C27H29N7O. The Morgan fingerprint density at radius 2 is 1.86 bits per heavy atom. The lowest BCUT2D eigenvalue weighted by molar-refractivity contribution is -0.123. The molecule has 5 aliphatic heterocycles. The van der Waals surface area contributed by atoms with E-state index >= 15 is 0 Å². The number of pyridine rings is 1. The maximum Gasteiger partial charge on any atom is 0.234 e. The number of rotatable bonds is 1. The number of nitrogens with one attached hydrogen (secondary N) is 2. The fraction of sp³-hybridized carbons (Fsp3) is 0.333. The SMILES string of the molecule is C#CCC1Cc2ccc(cn2)-c2ccnc(n2)Nc2cccc(c2)CN2CCN(CC2)CC(=O)N1. The molecule has 0 spiro atoms. The second-order valence-electron chi connectivity index (χ2n) is 9.06. The predicted molar refractivity (Wildman–Crippen MR) is 136 cm³/mol. The molecule has 35 heavy (non-hydrogen) atoms. The van der Waals surface area contributed by atoms with Gasteiger partial charge in [-0.1, -0.05) is 12.1 Å². The van der Waals surface area contributed by atoms with Gasteiger partial charge in [-0.05, 0) is 35.9 Å². The molecule has 1 fully saturated rings. The number of amides is 1. The van der Waals surface area contributed by atoms with Crippen LogP contribution in [-0.2, 0) is 17.8 Å². The second kappa shape index (κ2) is 10.6. The van der Waals surface area contributed by atoms with E-state index in [1.54, 1.807) is 12.4 Å². The number of benzene rings is 1. The monoisotopic (exact) mass is 467 g/mol. The average Bonchev–Trinajstić information content (AvgIpc) is 2.86. The molecule has 0 aliphatic carbocycles. The molecule has 0 saturated carbocycles. The van der Waals surface area contributed by atoms with Gasteiger partial charge in [0, 0.05) is 80.9 Å². The molecule has 8 bridgehead atoms. The summed E-state index contributed by atoms with van der Waals surface area (Å²) in [5, 5.41) is 6.46. The highest BCUT2D eigenvalue weighted by atomic mass is 16.2. The standard InChI is InChI=1S/C27H29N7O/c1-2-4-23-16-22-8-7-21(17-29-22)25-9-10-28-27(32-25)31-24-6-3-5-20(15-24)18-33-11-13-34(14-12-33)19-26(35)30-23/h1,3,5-10,15,17,23H,4,11-14,16,18-19H2,(H,30,35)(H,28,31,32). The Morgan fingerprint density at radius 3 is 2.63 bits per heavy atom. The molecule has 1 atom stereocenters. The van der Waals surface area contributed by atoms with Gasteiger partial charge in [0.1, 0.15) is 0 Å². The number of aromatic nitrogens is 3. The Morgan fingerprint density at radius 1 is 1.03 bits per heavy atom. The van der Waals surface area contributed by atoms with Gasteiger partial charge < -0.3 is 10.6 Å². The van der Waals surface area contributed by atoms with Gasteiger partial charge in [-0.15, -0.1) is 12.3 Å². The Bertz CT molecular complexity index is 1210. The van der Waals surface area contributed by atoms with Crippen molar-refractivity contribution >= 4 is 17.5 Å². The average molecular weight is 468 g/mol. The van der Waals surface area contributed by atoms with Crippen LogP contribution in [0.3, 0.4) is 0 Å². The summed E-state index contributed by atoms with van der Waals surface area (Å²) in [5.74, 6) is 3.24. The largest absolute Gasteiger partial charge is 0.351 e. The third kappa shape index (κ3) is 6.01. The first kappa shape index (κ1) is 23.0. The summed E-state index contributed by atoms with van der Waals surface area (Å²) in [4.78, 5) is 31.1. The summed E-state index contributed by atoms with van der Waals surface area (Å²) in [7, 11) is 0. The minimum absolute atomic E-state index is 0.00787. The quantitative estimate of drug-likeness (QED) is 0.532. The number of terminal acetylenes is 1. The summed E-state index contributed by atoms with van der Waals surface area (Å²) in [6.07, 6.45) is 10.2. The molecule has 5 aliphatic rings. The second-order valence-corrected chi connectivity index (χ2v) is 9.06. The summed E-state index contributed by atoms with van der Waals surface area (Å²) >= 11 is 0. The third-order valence-corrected chi connectivity index (χ3v) is 6.38. The van der Waals surface area contributed by atoms with Gasteiger partial charge >= 0.3 is 0 Å². The lowest BCUT2D eigenvalue weighted by atomic mass is 10.1. The number of hydrogen-bond acceptors (Lipinski definition) is 7. The van der Waals surface area contributed by atoms with E-state index in [1.807, 2.05) is 30.3 Å². The molecule has 8 nitrogen and oxygen atoms in total. The van der Waals surface area contributed by atoms with Gasteiger partial charge in [0.05, 0.1) is 12.2 Å². The zero-order chi connectivity index (χ0) is 24.0. The van der Waals surface area contributed by atoms with Crippen molar-refractivity contribution in [2.45, 2.75) is 25.4 Å². The van der Waals surface area contributed by atoms with Crippen molar-refractivity contribution in [3.05, 3.63) is 66.1 Å². The van der Waals surface area contributed by atoms with Gasteiger partial charge in [0.15, 0.2) is 0 Å². The summed E-state index contributed by atoms with van der Waals surface area (Å²) in [6.45, 7) is 4.79. The van der Waals surface area contributed by atoms with Crippen LogP contribution in [0.15, 0.2) is 54.9 Å². The van der Waals surface area contributed by atoms with E-state index in [9.17, 15) is 4.79 Å². The van der Waals surface area contributed by atoms with E-state index in [0.29, 0.717) is 25.3 Å². The Hall–Kier alpha value is -3.80. The van der Waals surface area contributed by atoms with E-state index in [-0.39, 0.29) is 11.9 Å². The summed E-state index contributed by atoms with van der Waals surface area (Å²) < 4.78 is 0. The molecule has 7 heterocycles. The third-order valence-electron chi connectivity index (χ3n) is 6.38. The highest BCUT2D eigenvalue weighted by Gasteiger charge is 2.21. The molecule has 1 saturated heterocycles. The number of piperazine rings is 1. The fourth-order valence-corrected chi connectivity index (χ4v) is 4.56. The van der Waals surface area contributed by atoms with Crippen molar-refractivity contribution < 1.29 is 4.79 Å². The van der Waals surface area contributed by atoms with Crippen LogP contribution in [0.5, 0.6) is 0 Å². The molecule has 0 radical (unpaired) electrons. The molecule has 2 N–H and O–H groups in total. The van der Waals surface area contributed by atoms with E-state index < -0.39 is 0 Å². The summed E-state index contributed by atoms with van der Waals surface area (Å²) in [5.41, 5.74) is 4.73. The highest BCUT2D eigenvalue weighted by Crippen LogP contribution is 2.21. The molecule has 2 aromatic heterocycles. The van der Waals surface area contributed by atoms with Crippen LogP contribution < -0.4 is 10.6 Å². The zero-order valence-electron chi connectivity index (χ0n) is 19.7. The Balaban J connectivity index is 1.43. The molecule has 1 amide bonds. The highest BCUT2D eigenvalue weighted by molar-refractivity contribution is 5.78. The van der Waals surface area contributed by atoms with Crippen LogP contribution in [0, 0.1) is 12.3 Å². The van der Waals surface area contributed by atoms with Crippen molar-refractivity contribution in [2.75, 3.05) is 38.0 Å². The van der Waals surface area contributed by atoms with Gasteiger partial charge in [-0.2, -0.15) is 0 Å². The van der Waals surface area contributed by atoms with Gasteiger partial charge in [-0.3, -0.25) is 19.6 Å². The van der Waals surface area contributed by atoms with Crippen LogP contribution in [0.2, 0.25) is 0 Å². The van der Waals surface area contributed by atoms with Crippen LogP contribution in [0.1, 0.15) is 17.7 Å². The van der Waals surface area contributed by atoms with Crippen molar-refractivity contribution in [1.29, 1.82) is 0 Å². The maximum atomic E-state index is 12.8. The molecule has 8 rings (SSSR count). The maximum absolute atomic E-state index is 12.8. The van der Waals surface area contributed by atoms with E-state index in [0.717, 1.165) is 55.4 Å². The van der Waals surface area contributed by atoms with Crippen LogP contribution in [0.4, 0.5) is 11.6 Å². The van der Waals surface area contributed by atoms with Crippen molar-refractivity contribution in [2.24, 2.45) is 0 Å². The van der Waals surface area contributed by atoms with E-state index in [1.165, 1.54) is 5.56 Å². The first-order chi connectivity index (χ1) is 17.1. The predicted octanol–water partition coefficient (Wildman–Crippen LogP) is 2.46. The first-order valence-corrected chi connectivity index (χ1v) is 12.0. The van der Waals surface area contributed by atoms with Crippen molar-refractivity contribution in [1.82, 2.24) is 30.1 Å². The fourth-order valence-electron chi connectivity index (χ4n) is 4.56. The van der Waals surface area contributed by atoms with Gasteiger partial charge in [0.2, 0.25) is 11.9 Å². The molecule has 1 aromatic carbocycles. The molecule has 178 valence electrons. The Labute approximate surface area is 205 Å². The molecule has 1 unspecified atom stereocenters. The van der Waals surface area contributed by atoms with Gasteiger partial charge in [-0.25, -0.2) is 9.97 Å². The number of hydrogen-bond donors (Lipinski definition) is 2. The van der Waals surface area contributed by atoms with Crippen LogP contribution in [-0.4, -0.2) is 69.4 Å². The molecule has 3 aromatic rings. The summed E-state index contributed by atoms with van der Waals surface area (Å²) in [6, 6.07) is 14.0. The van der Waals surface area contributed by atoms with E-state index in [2.05, 4.69) is 53.4 Å². The number of carbonyl (C=O) groups excluding carboxylic acids is 1.